The first-order valence-corrected chi connectivity index (χ1v) is 8.93. The minimum atomic E-state index is -0.553. The van der Waals surface area contributed by atoms with E-state index in [4.69, 9.17) is 9.47 Å². The zero-order chi connectivity index (χ0) is 20.4. The van der Waals surface area contributed by atoms with Gasteiger partial charge in [0.25, 0.3) is 0 Å². The molecule has 0 radical (unpaired) electrons. The summed E-state index contributed by atoms with van der Waals surface area (Å²) >= 11 is 0. The second-order valence-electron chi connectivity index (χ2n) is 6.39. The van der Waals surface area contributed by atoms with Crippen molar-refractivity contribution in [2.45, 2.75) is 0 Å². The number of hydrogen-bond acceptors (Lipinski definition) is 3. The second-order valence-corrected chi connectivity index (χ2v) is 6.39. The maximum absolute atomic E-state index is 14.3. The molecular weight excluding hydrogens is 374 g/mol. The Hall–Kier alpha value is -3.67. The lowest BCUT2D eigenvalue weighted by Gasteiger charge is -2.06. The molecule has 1 heterocycles. The molecule has 0 bridgehead atoms. The molecule has 6 heteroatoms. The monoisotopic (exact) mass is 392 g/mol. The smallest absolute Gasteiger partial charge is 0.141 e. The molecule has 0 aliphatic rings. The van der Waals surface area contributed by atoms with Crippen molar-refractivity contribution in [3.05, 3.63) is 78.4 Å². The van der Waals surface area contributed by atoms with Gasteiger partial charge >= 0.3 is 0 Å². The van der Waals surface area contributed by atoms with Gasteiger partial charge in [0, 0.05) is 11.1 Å². The van der Waals surface area contributed by atoms with Gasteiger partial charge in [-0.25, -0.2) is 13.8 Å². The Labute approximate surface area is 166 Å². The molecule has 0 fully saturated rings. The highest BCUT2D eigenvalue weighted by Crippen LogP contribution is 2.35. The van der Waals surface area contributed by atoms with Crippen LogP contribution in [0.3, 0.4) is 0 Å². The van der Waals surface area contributed by atoms with E-state index >= 15 is 0 Å². The lowest BCUT2D eigenvalue weighted by molar-refractivity contribution is 0.414. The molecule has 0 amide bonds. The first-order chi connectivity index (χ1) is 14.1. The fraction of sp³-hybridized carbons (Fsp3) is 0.0870. The van der Waals surface area contributed by atoms with Crippen molar-refractivity contribution >= 4 is 0 Å². The summed E-state index contributed by atoms with van der Waals surface area (Å²) in [4.78, 5) is 7.75. The number of H-pyrrole nitrogens is 1. The largest absolute Gasteiger partial charge is 0.497 e. The van der Waals surface area contributed by atoms with Crippen molar-refractivity contribution in [3.8, 4) is 45.4 Å². The topological polar surface area (TPSA) is 47.1 Å². The van der Waals surface area contributed by atoms with Crippen LogP contribution >= 0.6 is 0 Å². The molecule has 29 heavy (non-hydrogen) atoms. The average molecular weight is 392 g/mol. The van der Waals surface area contributed by atoms with Crippen LogP contribution in [0.5, 0.6) is 11.5 Å². The predicted molar refractivity (Wildman–Crippen MR) is 108 cm³/mol. The Kier molecular flexibility index (Phi) is 4.99. The highest BCUT2D eigenvalue weighted by molar-refractivity contribution is 5.81. The molecule has 4 rings (SSSR count). The van der Waals surface area contributed by atoms with Gasteiger partial charge in [0.05, 0.1) is 31.2 Å². The van der Waals surface area contributed by atoms with Crippen molar-refractivity contribution in [2.24, 2.45) is 0 Å². The van der Waals surface area contributed by atoms with Crippen molar-refractivity contribution in [1.82, 2.24) is 9.97 Å². The molecule has 3 aromatic carbocycles. The second kappa shape index (κ2) is 7.75. The molecule has 0 saturated carbocycles. The molecule has 0 atom stereocenters. The SMILES string of the molecule is COc1ccc(-c2nc(-c3cc(F)ccc3F)[nH]c2-c2ccc(OC)cc2)cc1. The molecule has 0 aliphatic heterocycles. The minimum absolute atomic E-state index is 0.0690. The molecule has 0 unspecified atom stereocenters. The number of imidazole rings is 1. The summed E-state index contributed by atoms with van der Waals surface area (Å²) in [5.74, 6) is 0.596. The first-order valence-electron chi connectivity index (χ1n) is 8.93. The number of nitrogens with one attached hydrogen (secondary N) is 1. The third-order valence-corrected chi connectivity index (χ3v) is 4.63. The van der Waals surface area contributed by atoms with Gasteiger partial charge in [0.1, 0.15) is 29.0 Å². The van der Waals surface area contributed by atoms with Gasteiger partial charge in [-0.3, -0.25) is 0 Å². The van der Waals surface area contributed by atoms with E-state index < -0.39 is 11.6 Å². The third kappa shape index (κ3) is 3.69. The minimum Gasteiger partial charge on any atom is -0.497 e. The molecule has 0 spiro atoms. The Morgan fingerprint density at radius 3 is 1.93 bits per heavy atom. The van der Waals surface area contributed by atoms with Gasteiger partial charge in [0.15, 0.2) is 0 Å². The van der Waals surface area contributed by atoms with E-state index in [1.54, 1.807) is 14.2 Å². The van der Waals surface area contributed by atoms with Crippen LogP contribution in [0.15, 0.2) is 66.7 Å². The highest BCUT2D eigenvalue weighted by Gasteiger charge is 2.18. The van der Waals surface area contributed by atoms with Crippen LogP contribution in [-0.2, 0) is 0 Å². The molecule has 1 N–H and O–H groups in total. The Morgan fingerprint density at radius 2 is 1.34 bits per heavy atom. The highest BCUT2D eigenvalue weighted by atomic mass is 19.1. The van der Waals surface area contributed by atoms with Crippen LogP contribution in [-0.4, -0.2) is 24.2 Å². The predicted octanol–water partition coefficient (Wildman–Crippen LogP) is 5.71. The number of aromatic amines is 1. The van der Waals surface area contributed by atoms with E-state index in [0.29, 0.717) is 17.1 Å². The summed E-state index contributed by atoms with van der Waals surface area (Å²) in [5, 5.41) is 0. The van der Waals surface area contributed by atoms with Gasteiger partial charge in [-0.2, -0.15) is 0 Å². The summed E-state index contributed by atoms with van der Waals surface area (Å²) < 4.78 is 38.5. The number of ether oxygens (including phenoxy) is 2. The molecule has 146 valence electrons. The van der Waals surface area contributed by atoms with Crippen molar-refractivity contribution in [1.29, 1.82) is 0 Å². The van der Waals surface area contributed by atoms with E-state index in [9.17, 15) is 8.78 Å². The van der Waals surface area contributed by atoms with E-state index in [0.717, 1.165) is 35.1 Å². The summed E-state index contributed by atoms with van der Waals surface area (Å²) in [6.07, 6.45) is 0. The van der Waals surface area contributed by atoms with Crippen LogP contribution < -0.4 is 9.47 Å². The van der Waals surface area contributed by atoms with Gasteiger partial charge < -0.3 is 14.5 Å². The zero-order valence-electron chi connectivity index (χ0n) is 15.9. The van der Waals surface area contributed by atoms with Gasteiger partial charge in [-0.1, -0.05) is 0 Å². The Morgan fingerprint density at radius 1 is 0.759 bits per heavy atom. The number of halogens is 2. The maximum Gasteiger partial charge on any atom is 0.141 e. The number of hydrogen-bond donors (Lipinski definition) is 1. The summed E-state index contributed by atoms with van der Waals surface area (Å²) in [7, 11) is 3.19. The normalized spacial score (nSPS) is 10.8. The fourth-order valence-electron chi connectivity index (χ4n) is 3.10. The van der Waals surface area contributed by atoms with Gasteiger partial charge in [0.2, 0.25) is 0 Å². The molecule has 4 aromatic rings. The van der Waals surface area contributed by atoms with Crippen LogP contribution in [0.4, 0.5) is 8.78 Å². The van der Waals surface area contributed by atoms with Gasteiger partial charge in [-0.15, -0.1) is 0 Å². The van der Waals surface area contributed by atoms with Crippen molar-refractivity contribution in [2.75, 3.05) is 14.2 Å². The number of rotatable bonds is 5. The number of aromatic nitrogens is 2. The molecular formula is C23H18F2N2O2. The number of methoxy groups -OCH3 is 2. The molecule has 0 aliphatic carbocycles. The van der Waals surface area contributed by atoms with Gasteiger partial charge in [-0.05, 0) is 66.7 Å². The summed E-state index contributed by atoms with van der Waals surface area (Å²) in [5.41, 5.74) is 3.04. The van der Waals surface area contributed by atoms with Crippen LogP contribution in [0, 0.1) is 11.6 Å². The fourth-order valence-corrected chi connectivity index (χ4v) is 3.10. The first kappa shape index (κ1) is 18.7. The van der Waals surface area contributed by atoms with Crippen LogP contribution in [0.25, 0.3) is 33.9 Å². The Balaban J connectivity index is 1.88. The van der Waals surface area contributed by atoms with Crippen molar-refractivity contribution in [3.63, 3.8) is 0 Å². The number of benzene rings is 3. The molecule has 0 saturated heterocycles. The van der Waals surface area contributed by atoms with Crippen LogP contribution in [0.2, 0.25) is 0 Å². The number of nitrogens with zero attached hydrogens (tertiary/aromatic N) is 1. The van der Waals surface area contributed by atoms with E-state index in [-0.39, 0.29) is 11.4 Å². The maximum atomic E-state index is 14.3. The summed E-state index contributed by atoms with van der Waals surface area (Å²) in [6.45, 7) is 0. The van der Waals surface area contributed by atoms with E-state index in [2.05, 4.69) is 9.97 Å². The van der Waals surface area contributed by atoms with Crippen molar-refractivity contribution < 1.29 is 18.3 Å². The molecule has 1 aromatic heterocycles. The molecule has 4 nitrogen and oxygen atoms in total. The summed E-state index contributed by atoms with van der Waals surface area (Å²) in [6, 6.07) is 18.1. The lowest BCUT2D eigenvalue weighted by atomic mass is 10.0. The lowest BCUT2D eigenvalue weighted by Crippen LogP contribution is -1.88. The Bertz CT molecular complexity index is 1070. The average Bonchev–Trinajstić information content (AvgIpc) is 3.20. The van der Waals surface area contributed by atoms with E-state index in [1.165, 1.54) is 0 Å². The van der Waals surface area contributed by atoms with E-state index in [1.807, 2.05) is 48.5 Å². The quantitative estimate of drug-likeness (QED) is 0.473. The zero-order valence-corrected chi connectivity index (χ0v) is 15.9. The third-order valence-electron chi connectivity index (χ3n) is 4.63. The van der Waals surface area contributed by atoms with Crippen LogP contribution in [0.1, 0.15) is 0 Å². The standard InChI is InChI=1S/C23H18F2N2O2/c1-28-17-8-3-14(4-9-17)21-22(15-5-10-18(29-2)11-6-15)27-23(26-21)19-13-16(24)7-12-20(19)25/h3-13H,1-2H3,(H,26,27).